The van der Waals surface area contributed by atoms with E-state index in [4.69, 9.17) is 5.73 Å². The highest BCUT2D eigenvalue weighted by molar-refractivity contribution is 5.92. The van der Waals surface area contributed by atoms with Gasteiger partial charge in [-0.15, -0.1) is 0 Å². The zero-order valence-corrected chi connectivity index (χ0v) is 10.7. The SMILES string of the molecule is CNCCCC(NC(=O)C1(N)CCC1)C(C)=O. The number of carbonyl (C=O) groups is 2. The van der Waals surface area contributed by atoms with Crippen molar-refractivity contribution in [2.75, 3.05) is 13.6 Å². The highest BCUT2D eigenvalue weighted by Gasteiger charge is 2.41. The van der Waals surface area contributed by atoms with Crippen molar-refractivity contribution < 1.29 is 9.59 Å². The monoisotopic (exact) mass is 241 g/mol. The van der Waals surface area contributed by atoms with Crippen molar-refractivity contribution >= 4 is 11.7 Å². The van der Waals surface area contributed by atoms with Crippen molar-refractivity contribution in [3.05, 3.63) is 0 Å². The molecule has 0 radical (unpaired) electrons. The number of amides is 1. The van der Waals surface area contributed by atoms with Crippen LogP contribution in [0.5, 0.6) is 0 Å². The van der Waals surface area contributed by atoms with Crippen LogP contribution in [0.4, 0.5) is 0 Å². The number of Topliss-reactive ketones (excluding diaryl/α,β-unsaturated/α-hetero) is 1. The van der Waals surface area contributed by atoms with Crippen molar-refractivity contribution in [2.24, 2.45) is 5.73 Å². The molecule has 1 rings (SSSR count). The van der Waals surface area contributed by atoms with E-state index in [1.807, 2.05) is 7.05 Å². The van der Waals surface area contributed by atoms with Gasteiger partial charge in [0, 0.05) is 0 Å². The minimum atomic E-state index is -0.725. The van der Waals surface area contributed by atoms with Crippen molar-refractivity contribution in [3.8, 4) is 0 Å². The van der Waals surface area contributed by atoms with Crippen LogP contribution in [0, 0.1) is 0 Å². The lowest BCUT2D eigenvalue weighted by molar-refractivity contribution is -0.133. The van der Waals surface area contributed by atoms with Crippen LogP contribution in [0.1, 0.15) is 39.0 Å². The van der Waals surface area contributed by atoms with Gasteiger partial charge in [0.15, 0.2) is 5.78 Å². The van der Waals surface area contributed by atoms with Gasteiger partial charge >= 0.3 is 0 Å². The van der Waals surface area contributed by atoms with Crippen LogP contribution in [0.2, 0.25) is 0 Å². The van der Waals surface area contributed by atoms with Crippen molar-refractivity contribution in [1.29, 1.82) is 0 Å². The number of nitrogens with two attached hydrogens (primary N) is 1. The lowest BCUT2D eigenvalue weighted by Gasteiger charge is -2.37. The summed E-state index contributed by atoms with van der Waals surface area (Å²) < 4.78 is 0. The maximum atomic E-state index is 11.9. The predicted octanol–water partition coefficient (Wildman–Crippen LogP) is -0.0588. The second-order valence-corrected chi connectivity index (χ2v) is 4.89. The van der Waals surface area contributed by atoms with Gasteiger partial charge in [-0.05, 0) is 52.6 Å². The zero-order valence-electron chi connectivity index (χ0n) is 10.7. The Morgan fingerprint density at radius 1 is 1.41 bits per heavy atom. The Morgan fingerprint density at radius 3 is 2.47 bits per heavy atom. The van der Waals surface area contributed by atoms with E-state index in [-0.39, 0.29) is 11.7 Å². The maximum absolute atomic E-state index is 11.9. The number of hydrogen-bond donors (Lipinski definition) is 3. The van der Waals surface area contributed by atoms with Crippen LogP contribution in [0.3, 0.4) is 0 Å². The molecule has 1 aliphatic rings. The molecule has 0 aromatic carbocycles. The van der Waals surface area contributed by atoms with E-state index >= 15 is 0 Å². The molecular weight excluding hydrogens is 218 g/mol. The molecule has 1 amide bonds. The van der Waals surface area contributed by atoms with E-state index in [9.17, 15) is 9.59 Å². The third kappa shape index (κ3) is 3.78. The van der Waals surface area contributed by atoms with Gasteiger partial charge in [0.05, 0.1) is 11.6 Å². The molecule has 0 bridgehead atoms. The Balaban J connectivity index is 2.43. The first-order chi connectivity index (χ1) is 7.99. The fourth-order valence-electron chi connectivity index (χ4n) is 1.95. The molecular formula is C12H23N3O2. The van der Waals surface area contributed by atoms with Crippen molar-refractivity contribution in [3.63, 3.8) is 0 Å². The first kappa shape index (κ1) is 14.1. The van der Waals surface area contributed by atoms with E-state index in [2.05, 4.69) is 10.6 Å². The summed E-state index contributed by atoms with van der Waals surface area (Å²) in [5.41, 5.74) is 5.19. The largest absolute Gasteiger partial charge is 0.345 e. The van der Waals surface area contributed by atoms with Gasteiger partial charge in [0.25, 0.3) is 0 Å². The average molecular weight is 241 g/mol. The van der Waals surface area contributed by atoms with Gasteiger partial charge in [-0.1, -0.05) is 0 Å². The first-order valence-electron chi connectivity index (χ1n) is 6.24. The van der Waals surface area contributed by atoms with Crippen LogP contribution in [-0.4, -0.2) is 36.9 Å². The summed E-state index contributed by atoms with van der Waals surface area (Å²) in [5.74, 6) is -0.175. The molecule has 0 spiro atoms. The summed E-state index contributed by atoms with van der Waals surface area (Å²) in [4.78, 5) is 23.3. The minimum absolute atomic E-state index is 0.00243. The molecule has 1 atom stereocenters. The lowest BCUT2D eigenvalue weighted by atomic mass is 9.77. The van der Waals surface area contributed by atoms with E-state index < -0.39 is 11.6 Å². The standard InChI is InChI=1S/C12H23N3O2/c1-9(16)10(5-3-8-14-2)15-11(17)12(13)6-4-7-12/h10,14H,3-8,13H2,1-2H3,(H,15,17). The third-order valence-electron chi connectivity index (χ3n) is 3.41. The van der Waals surface area contributed by atoms with E-state index in [0.717, 1.165) is 32.2 Å². The summed E-state index contributed by atoms with van der Waals surface area (Å²) in [6, 6.07) is -0.392. The van der Waals surface area contributed by atoms with Gasteiger partial charge in [-0.25, -0.2) is 0 Å². The van der Waals surface area contributed by atoms with Crippen LogP contribution < -0.4 is 16.4 Å². The minimum Gasteiger partial charge on any atom is -0.345 e. The van der Waals surface area contributed by atoms with E-state index in [1.54, 1.807) is 0 Å². The zero-order chi connectivity index (χ0) is 12.9. The molecule has 0 heterocycles. The molecule has 1 unspecified atom stereocenters. The normalized spacial score (nSPS) is 19.2. The molecule has 4 N–H and O–H groups in total. The highest BCUT2D eigenvalue weighted by Crippen LogP contribution is 2.29. The van der Waals surface area contributed by atoms with Gasteiger partial charge in [0.2, 0.25) is 5.91 Å². The summed E-state index contributed by atoms with van der Waals surface area (Å²) in [5, 5.41) is 5.80. The van der Waals surface area contributed by atoms with Crippen LogP contribution in [0.15, 0.2) is 0 Å². The Morgan fingerprint density at radius 2 is 2.06 bits per heavy atom. The highest BCUT2D eigenvalue weighted by atomic mass is 16.2. The van der Waals surface area contributed by atoms with Gasteiger partial charge in [0.1, 0.15) is 0 Å². The third-order valence-corrected chi connectivity index (χ3v) is 3.41. The molecule has 0 aliphatic heterocycles. The fourth-order valence-corrected chi connectivity index (χ4v) is 1.95. The van der Waals surface area contributed by atoms with Crippen LogP contribution in [0.25, 0.3) is 0 Å². The summed E-state index contributed by atoms with van der Waals surface area (Å²) in [7, 11) is 1.87. The quantitative estimate of drug-likeness (QED) is 0.545. The average Bonchev–Trinajstić information content (AvgIpc) is 2.24. The fraction of sp³-hybridized carbons (Fsp3) is 0.833. The molecule has 5 nitrogen and oxygen atoms in total. The summed E-state index contributed by atoms with van der Waals surface area (Å²) in [6.45, 7) is 2.35. The smallest absolute Gasteiger partial charge is 0.240 e. The Labute approximate surface area is 103 Å². The Bertz CT molecular complexity index is 287. The number of ketones is 1. The topological polar surface area (TPSA) is 84.2 Å². The summed E-state index contributed by atoms with van der Waals surface area (Å²) >= 11 is 0. The van der Waals surface area contributed by atoms with Gasteiger partial charge in [-0.2, -0.15) is 0 Å². The molecule has 1 aliphatic carbocycles. The molecule has 1 fully saturated rings. The Hall–Kier alpha value is -0.940. The molecule has 0 saturated heterocycles. The molecule has 98 valence electrons. The molecule has 17 heavy (non-hydrogen) atoms. The second-order valence-electron chi connectivity index (χ2n) is 4.89. The maximum Gasteiger partial charge on any atom is 0.240 e. The van der Waals surface area contributed by atoms with Crippen molar-refractivity contribution in [2.45, 2.75) is 50.6 Å². The number of rotatable bonds is 7. The van der Waals surface area contributed by atoms with E-state index in [0.29, 0.717) is 6.42 Å². The Kier molecular flexibility index (Phi) is 5.08. The predicted molar refractivity (Wildman–Crippen MR) is 66.5 cm³/mol. The number of carbonyl (C=O) groups excluding carboxylic acids is 2. The number of hydrogen-bond acceptors (Lipinski definition) is 4. The second kappa shape index (κ2) is 6.12. The molecule has 0 aromatic heterocycles. The molecule has 1 saturated carbocycles. The van der Waals surface area contributed by atoms with Crippen molar-refractivity contribution in [1.82, 2.24) is 10.6 Å². The molecule has 5 heteroatoms. The van der Waals surface area contributed by atoms with Gasteiger partial charge < -0.3 is 16.4 Å². The molecule has 0 aromatic rings. The lowest BCUT2D eigenvalue weighted by Crippen LogP contribution is -2.61. The number of nitrogens with one attached hydrogen (secondary N) is 2. The first-order valence-corrected chi connectivity index (χ1v) is 6.24. The van der Waals surface area contributed by atoms with Crippen LogP contribution >= 0.6 is 0 Å². The van der Waals surface area contributed by atoms with Gasteiger partial charge in [-0.3, -0.25) is 9.59 Å². The summed E-state index contributed by atoms with van der Waals surface area (Å²) in [6.07, 6.45) is 3.96. The van der Waals surface area contributed by atoms with E-state index in [1.165, 1.54) is 6.92 Å². The van der Waals surface area contributed by atoms with Crippen LogP contribution in [-0.2, 0) is 9.59 Å².